The van der Waals surface area contributed by atoms with Crippen molar-refractivity contribution in [3.63, 3.8) is 0 Å². The van der Waals surface area contributed by atoms with Crippen LogP contribution in [0, 0.1) is 22.7 Å². The van der Waals surface area contributed by atoms with E-state index < -0.39 is 0 Å². The van der Waals surface area contributed by atoms with Crippen LogP contribution in [0.2, 0.25) is 0 Å². The number of rotatable bonds is 5. The van der Waals surface area contributed by atoms with Gasteiger partial charge >= 0.3 is 0 Å². The zero-order valence-corrected chi connectivity index (χ0v) is 12.8. The van der Waals surface area contributed by atoms with Crippen molar-refractivity contribution in [1.29, 1.82) is 0 Å². The molecule has 1 atom stereocenters. The van der Waals surface area contributed by atoms with Crippen molar-refractivity contribution in [2.24, 2.45) is 22.7 Å². The van der Waals surface area contributed by atoms with Crippen molar-refractivity contribution in [2.75, 3.05) is 6.54 Å². The molecule has 1 heterocycles. The summed E-state index contributed by atoms with van der Waals surface area (Å²) < 4.78 is 0. The van der Waals surface area contributed by atoms with E-state index >= 15 is 0 Å². The Hall–Kier alpha value is -0.340. The molecule has 3 rings (SSSR count). The molecule has 2 aliphatic rings. The fourth-order valence-corrected chi connectivity index (χ4v) is 4.38. The predicted octanol–water partition coefficient (Wildman–Crippen LogP) is 4.47. The van der Waals surface area contributed by atoms with Crippen LogP contribution in [0.1, 0.15) is 51.5 Å². The summed E-state index contributed by atoms with van der Waals surface area (Å²) in [5.41, 5.74) is 1.01. The van der Waals surface area contributed by atoms with E-state index in [9.17, 15) is 0 Å². The molecule has 0 saturated heterocycles. The standard InChI is InChI=1S/C16H25NS/c1-15(2)13(16(15,3)4)10-17-14(11-7-8-11)12-6-5-9-18-12/h5-6,9,11,13-14,17H,7-8,10H2,1-4H3. The van der Waals surface area contributed by atoms with Crippen molar-refractivity contribution in [3.8, 4) is 0 Å². The van der Waals surface area contributed by atoms with Crippen LogP contribution < -0.4 is 5.32 Å². The summed E-state index contributed by atoms with van der Waals surface area (Å²) in [6.45, 7) is 10.8. The first-order chi connectivity index (χ1) is 8.44. The van der Waals surface area contributed by atoms with Crippen LogP contribution in [0.5, 0.6) is 0 Å². The van der Waals surface area contributed by atoms with Gasteiger partial charge in [-0.2, -0.15) is 0 Å². The summed E-state index contributed by atoms with van der Waals surface area (Å²) in [7, 11) is 0. The third kappa shape index (κ3) is 1.94. The minimum atomic E-state index is 0.504. The third-order valence-corrected chi connectivity index (χ3v) is 6.76. The van der Waals surface area contributed by atoms with Crippen molar-refractivity contribution >= 4 is 11.3 Å². The van der Waals surface area contributed by atoms with E-state index in [-0.39, 0.29) is 0 Å². The first-order valence-electron chi connectivity index (χ1n) is 7.21. The van der Waals surface area contributed by atoms with E-state index in [1.807, 2.05) is 11.3 Å². The summed E-state index contributed by atoms with van der Waals surface area (Å²) in [6, 6.07) is 5.10. The Balaban J connectivity index is 1.62. The van der Waals surface area contributed by atoms with Crippen LogP contribution in [0.4, 0.5) is 0 Å². The van der Waals surface area contributed by atoms with Gasteiger partial charge in [-0.05, 0) is 53.5 Å². The van der Waals surface area contributed by atoms with Gasteiger partial charge in [0.05, 0.1) is 0 Å². The van der Waals surface area contributed by atoms with E-state index in [0.717, 1.165) is 11.8 Å². The van der Waals surface area contributed by atoms with Crippen LogP contribution in [0.3, 0.4) is 0 Å². The molecule has 1 N–H and O–H groups in total. The maximum Gasteiger partial charge on any atom is 0.0443 e. The number of thiophene rings is 1. The quantitative estimate of drug-likeness (QED) is 0.826. The Morgan fingerprint density at radius 3 is 2.39 bits per heavy atom. The molecule has 2 saturated carbocycles. The zero-order valence-electron chi connectivity index (χ0n) is 12.0. The molecular formula is C16H25NS. The molecule has 2 aliphatic carbocycles. The lowest BCUT2D eigenvalue weighted by Gasteiger charge is -2.17. The van der Waals surface area contributed by atoms with Crippen LogP contribution in [0.15, 0.2) is 17.5 Å². The molecule has 0 aromatic carbocycles. The van der Waals surface area contributed by atoms with Crippen LogP contribution in [-0.2, 0) is 0 Å². The Morgan fingerprint density at radius 1 is 1.28 bits per heavy atom. The van der Waals surface area contributed by atoms with E-state index in [1.165, 1.54) is 24.3 Å². The summed E-state index contributed by atoms with van der Waals surface area (Å²) in [5.74, 6) is 1.72. The smallest absolute Gasteiger partial charge is 0.0443 e. The number of nitrogens with one attached hydrogen (secondary N) is 1. The predicted molar refractivity (Wildman–Crippen MR) is 78.8 cm³/mol. The first-order valence-corrected chi connectivity index (χ1v) is 8.09. The average molecular weight is 263 g/mol. The summed E-state index contributed by atoms with van der Waals surface area (Å²) >= 11 is 1.91. The largest absolute Gasteiger partial charge is 0.309 e. The topological polar surface area (TPSA) is 12.0 Å². The molecule has 1 nitrogen and oxygen atoms in total. The van der Waals surface area contributed by atoms with Gasteiger partial charge in [-0.3, -0.25) is 0 Å². The fraction of sp³-hybridized carbons (Fsp3) is 0.750. The van der Waals surface area contributed by atoms with Gasteiger partial charge in [-0.25, -0.2) is 0 Å². The molecule has 100 valence electrons. The molecule has 0 amide bonds. The minimum Gasteiger partial charge on any atom is -0.309 e. The van der Waals surface area contributed by atoms with Crippen LogP contribution in [-0.4, -0.2) is 6.54 Å². The van der Waals surface area contributed by atoms with E-state index in [4.69, 9.17) is 0 Å². The summed E-state index contributed by atoms with van der Waals surface area (Å²) in [4.78, 5) is 1.54. The van der Waals surface area contributed by atoms with Gasteiger partial charge in [-0.1, -0.05) is 33.8 Å². The van der Waals surface area contributed by atoms with Gasteiger partial charge in [0.1, 0.15) is 0 Å². The molecule has 1 unspecified atom stereocenters. The second-order valence-electron chi connectivity index (χ2n) is 7.23. The monoisotopic (exact) mass is 263 g/mol. The van der Waals surface area contributed by atoms with E-state index in [0.29, 0.717) is 16.9 Å². The lowest BCUT2D eigenvalue weighted by Crippen LogP contribution is -2.26. The highest BCUT2D eigenvalue weighted by Gasteiger charge is 2.64. The minimum absolute atomic E-state index is 0.504. The van der Waals surface area contributed by atoms with Gasteiger partial charge in [0, 0.05) is 10.9 Å². The second kappa shape index (κ2) is 4.08. The van der Waals surface area contributed by atoms with E-state index in [1.54, 1.807) is 0 Å². The summed E-state index contributed by atoms with van der Waals surface area (Å²) in [6.07, 6.45) is 2.82. The molecule has 0 radical (unpaired) electrons. The molecule has 0 aliphatic heterocycles. The number of hydrogen-bond donors (Lipinski definition) is 1. The molecule has 2 heteroatoms. The Kier molecular flexibility index (Phi) is 2.87. The molecule has 0 bridgehead atoms. The maximum atomic E-state index is 3.87. The average Bonchev–Trinajstić information content (AvgIpc) is 3.08. The van der Waals surface area contributed by atoms with E-state index in [2.05, 4.69) is 50.5 Å². The fourth-order valence-electron chi connectivity index (χ4n) is 3.49. The van der Waals surface area contributed by atoms with Gasteiger partial charge in [0.15, 0.2) is 0 Å². The van der Waals surface area contributed by atoms with Gasteiger partial charge in [0.25, 0.3) is 0 Å². The third-order valence-electron chi connectivity index (χ3n) is 5.80. The normalized spacial score (nSPS) is 27.1. The summed E-state index contributed by atoms with van der Waals surface area (Å²) in [5, 5.41) is 6.07. The van der Waals surface area contributed by atoms with Crippen LogP contribution >= 0.6 is 11.3 Å². The Labute approximate surface area is 115 Å². The lowest BCUT2D eigenvalue weighted by atomic mass is 10.0. The molecule has 1 aromatic rings. The molecule has 18 heavy (non-hydrogen) atoms. The molecular weight excluding hydrogens is 238 g/mol. The lowest BCUT2D eigenvalue weighted by molar-refractivity contribution is 0.441. The van der Waals surface area contributed by atoms with Crippen molar-refractivity contribution < 1.29 is 0 Å². The molecule has 1 aromatic heterocycles. The molecule has 2 fully saturated rings. The van der Waals surface area contributed by atoms with Crippen molar-refractivity contribution in [1.82, 2.24) is 5.32 Å². The SMILES string of the molecule is CC1(C)C(CNC(c2cccs2)C2CC2)C1(C)C. The second-order valence-corrected chi connectivity index (χ2v) is 8.21. The first kappa shape index (κ1) is 12.7. The van der Waals surface area contributed by atoms with Gasteiger partial charge < -0.3 is 5.32 Å². The number of hydrogen-bond acceptors (Lipinski definition) is 2. The van der Waals surface area contributed by atoms with Gasteiger partial charge in [0.2, 0.25) is 0 Å². The zero-order chi connectivity index (χ0) is 13.0. The highest BCUT2D eigenvalue weighted by molar-refractivity contribution is 7.10. The Morgan fingerprint density at radius 2 is 1.94 bits per heavy atom. The van der Waals surface area contributed by atoms with Gasteiger partial charge in [-0.15, -0.1) is 11.3 Å². The van der Waals surface area contributed by atoms with Crippen molar-refractivity contribution in [3.05, 3.63) is 22.4 Å². The highest BCUT2D eigenvalue weighted by atomic mass is 32.1. The highest BCUT2D eigenvalue weighted by Crippen LogP contribution is 2.68. The maximum absolute atomic E-state index is 3.87. The van der Waals surface area contributed by atoms with Crippen molar-refractivity contribution in [2.45, 2.75) is 46.6 Å². The van der Waals surface area contributed by atoms with Crippen LogP contribution in [0.25, 0.3) is 0 Å². The molecule has 0 spiro atoms. The Bertz CT molecular complexity index is 400.